The highest BCUT2D eigenvalue weighted by Gasteiger charge is 2.27. The molecule has 7 nitrogen and oxygen atoms in total. The fourth-order valence-electron chi connectivity index (χ4n) is 4.44. The number of aryl methyl sites for hydroxylation is 1. The van der Waals surface area contributed by atoms with Crippen LogP contribution >= 0.6 is 11.3 Å². The average molecular weight is 487 g/mol. The molecular formula is C27H26N4O3S. The van der Waals surface area contributed by atoms with Gasteiger partial charge in [0.2, 0.25) is 5.91 Å². The largest absolute Gasteiger partial charge is 0.346 e. The number of amides is 2. The SMILES string of the molecule is O=C(CCn1cc(C(=O)C(=O)N2CCCCC2)c2ccccc21)Nc1nc(-c2ccccc2)cs1. The summed E-state index contributed by atoms with van der Waals surface area (Å²) in [5.41, 5.74) is 3.04. The smallest absolute Gasteiger partial charge is 0.295 e. The first kappa shape index (κ1) is 23.0. The lowest BCUT2D eigenvalue weighted by Crippen LogP contribution is -2.40. The minimum absolute atomic E-state index is 0.158. The van der Waals surface area contributed by atoms with Crippen LogP contribution in [0.25, 0.3) is 22.2 Å². The average Bonchev–Trinajstić information content (AvgIpc) is 3.52. The van der Waals surface area contributed by atoms with Gasteiger partial charge in [0.1, 0.15) is 0 Å². The highest BCUT2D eigenvalue weighted by Crippen LogP contribution is 2.26. The molecule has 0 bridgehead atoms. The number of piperidine rings is 1. The second kappa shape index (κ2) is 10.2. The van der Waals surface area contributed by atoms with Gasteiger partial charge in [0.25, 0.3) is 11.7 Å². The van der Waals surface area contributed by atoms with Crippen molar-refractivity contribution >= 4 is 45.0 Å². The number of anilines is 1. The Balaban J connectivity index is 1.27. The van der Waals surface area contributed by atoms with E-state index in [4.69, 9.17) is 0 Å². The van der Waals surface area contributed by atoms with Crippen molar-refractivity contribution in [3.8, 4) is 11.3 Å². The minimum atomic E-state index is -0.484. The molecule has 0 unspecified atom stereocenters. The van der Waals surface area contributed by atoms with Crippen LogP contribution in [-0.4, -0.2) is 45.1 Å². The number of nitrogens with one attached hydrogen (secondary N) is 1. The maximum atomic E-state index is 13.1. The zero-order chi connectivity index (χ0) is 24.2. The van der Waals surface area contributed by atoms with Crippen molar-refractivity contribution in [2.24, 2.45) is 0 Å². The van der Waals surface area contributed by atoms with Crippen LogP contribution in [0.1, 0.15) is 36.0 Å². The monoisotopic (exact) mass is 486 g/mol. The van der Waals surface area contributed by atoms with Crippen LogP contribution in [0.15, 0.2) is 66.2 Å². The molecule has 0 spiro atoms. The van der Waals surface area contributed by atoms with Crippen LogP contribution in [0.3, 0.4) is 0 Å². The van der Waals surface area contributed by atoms with Crippen molar-refractivity contribution in [1.82, 2.24) is 14.5 Å². The number of rotatable bonds is 7. The van der Waals surface area contributed by atoms with E-state index in [1.807, 2.05) is 64.5 Å². The van der Waals surface area contributed by atoms with E-state index in [9.17, 15) is 14.4 Å². The van der Waals surface area contributed by atoms with Crippen molar-refractivity contribution < 1.29 is 14.4 Å². The van der Waals surface area contributed by atoms with Crippen LogP contribution in [0, 0.1) is 0 Å². The van der Waals surface area contributed by atoms with Crippen molar-refractivity contribution in [1.29, 1.82) is 0 Å². The van der Waals surface area contributed by atoms with E-state index in [0.29, 0.717) is 30.3 Å². The molecule has 0 aliphatic carbocycles. The van der Waals surface area contributed by atoms with Crippen LogP contribution < -0.4 is 5.32 Å². The third kappa shape index (κ3) is 5.02. The molecule has 1 aliphatic rings. The van der Waals surface area contributed by atoms with Gasteiger partial charge in [0.15, 0.2) is 5.13 Å². The van der Waals surface area contributed by atoms with E-state index in [0.717, 1.165) is 41.4 Å². The fourth-order valence-corrected chi connectivity index (χ4v) is 5.18. The minimum Gasteiger partial charge on any atom is -0.346 e. The molecule has 8 heteroatoms. The number of fused-ring (bicyclic) bond motifs is 1. The number of aromatic nitrogens is 2. The van der Waals surface area contributed by atoms with Gasteiger partial charge in [-0.2, -0.15) is 0 Å². The van der Waals surface area contributed by atoms with Crippen molar-refractivity contribution in [3.05, 3.63) is 71.7 Å². The highest BCUT2D eigenvalue weighted by atomic mass is 32.1. The summed E-state index contributed by atoms with van der Waals surface area (Å²) in [7, 11) is 0. The zero-order valence-corrected chi connectivity index (χ0v) is 20.1. The Kier molecular flexibility index (Phi) is 6.72. The van der Waals surface area contributed by atoms with E-state index < -0.39 is 11.7 Å². The van der Waals surface area contributed by atoms with E-state index in [-0.39, 0.29) is 12.3 Å². The Labute approximate surface area is 207 Å². The summed E-state index contributed by atoms with van der Waals surface area (Å²) in [6.45, 7) is 1.65. The number of hydrogen-bond acceptors (Lipinski definition) is 5. The molecule has 2 aromatic heterocycles. The number of hydrogen-bond donors (Lipinski definition) is 1. The van der Waals surface area contributed by atoms with Gasteiger partial charge in [-0.25, -0.2) is 4.98 Å². The maximum absolute atomic E-state index is 13.1. The lowest BCUT2D eigenvalue weighted by atomic mass is 10.1. The Hall–Kier alpha value is -3.78. The molecule has 1 saturated heterocycles. The van der Waals surface area contributed by atoms with Crippen molar-refractivity contribution in [2.75, 3.05) is 18.4 Å². The topological polar surface area (TPSA) is 84.3 Å². The molecule has 35 heavy (non-hydrogen) atoms. The molecule has 0 saturated carbocycles. The Bertz CT molecular complexity index is 1370. The normalized spacial score (nSPS) is 13.7. The number of benzene rings is 2. The van der Waals surface area contributed by atoms with Gasteiger partial charge < -0.3 is 14.8 Å². The molecule has 1 fully saturated rings. The third-order valence-electron chi connectivity index (χ3n) is 6.27. The number of para-hydroxylation sites is 1. The molecule has 0 radical (unpaired) electrons. The van der Waals surface area contributed by atoms with Gasteiger partial charge in [-0.05, 0) is 25.3 Å². The number of carbonyl (C=O) groups is 3. The van der Waals surface area contributed by atoms with E-state index in [2.05, 4.69) is 10.3 Å². The predicted octanol–water partition coefficient (Wildman–Crippen LogP) is 4.99. The fraction of sp³-hybridized carbons (Fsp3) is 0.259. The van der Waals surface area contributed by atoms with Gasteiger partial charge in [0, 0.05) is 54.1 Å². The molecule has 178 valence electrons. The first-order chi connectivity index (χ1) is 17.1. The van der Waals surface area contributed by atoms with Crippen LogP contribution in [-0.2, 0) is 16.1 Å². The van der Waals surface area contributed by atoms with E-state index in [1.165, 1.54) is 11.3 Å². The van der Waals surface area contributed by atoms with Gasteiger partial charge >= 0.3 is 0 Å². The Morgan fingerprint density at radius 2 is 1.69 bits per heavy atom. The predicted molar refractivity (Wildman–Crippen MR) is 137 cm³/mol. The molecule has 1 N–H and O–H groups in total. The van der Waals surface area contributed by atoms with Crippen LogP contribution in [0.4, 0.5) is 5.13 Å². The standard InChI is InChI=1S/C27H26N4O3S/c32-24(29-27-28-22(18-35-27)19-9-3-1-4-10-19)13-16-31-17-21(20-11-5-6-12-23(20)31)25(33)26(34)30-14-7-2-8-15-30/h1,3-6,9-12,17-18H,2,7-8,13-16H2,(H,28,29,32). The van der Waals surface area contributed by atoms with Gasteiger partial charge in [-0.1, -0.05) is 48.5 Å². The van der Waals surface area contributed by atoms with Crippen molar-refractivity contribution in [2.45, 2.75) is 32.2 Å². The molecule has 0 atom stereocenters. The van der Waals surface area contributed by atoms with Crippen molar-refractivity contribution in [3.63, 3.8) is 0 Å². The Morgan fingerprint density at radius 3 is 2.49 bits per heavy atom. The number of carbonyl (C=O) groups excluding carboxylic acids is 3. The molecule has 5 rings (SSSR count). The number of Topliss-reactive ketones (excluding diaryl/α,β-unsaturated/α-hetero) is 1. The van der Waals surface area contributed by atoms with Crippen LogP contribution in [0.5, 0.6) is 0 Å². The molecule has 1 aliphatic heterocycles. The summed E-state index contributed by atoms with van der Waals surface area (Å²) in [5, 5.41) is 6.07. The van der Waals surface area contributed by atoms with Crippen LogP contribution in [0.2, 0.25) is 0 Å². The summed E-state index contributed by atoms with van der Waals surface area (Å²) in [6, 6.07) is 17.3. The number of likely N-dealkylation sites (tertiary alicyclic amines) is 1. The highest BCUT2D eigenvalue weighted by molar-refractivity contribution is 7.14. The summed E-state index contributed by atoms with van der Waals surface area (Å²) >= 11 is 1.38. The molecular weight excluding hydrogens is 460 g/mol. The summed E-state index contributed by atoms with van der Waals surface area (Å²) in [5.74, 6) is -1.08. The second-order valence-electron chi connectivity index (χ2n) is 8.64. The Morgan fingerprint density at radius 1 is 0.943 bits per heavy atom. The van der Waals surface area contributed by atoms with Gasteiger partial charge in [0.05, 0.1) is 11.3 Å². The summed E-state index contributed by atoms with van der Waals surface area (Å²) in [4.78, 5) is 44.7. The summed E-state index contributed by atoms with van der Waals surface area (Å²) < 4.78 is 1.88. The third-order valence-corrected chi connectivity index (χ3v) is 7.03. The van der Waals surface area contributed by atoms with E-state index >= 15 is 0 Å². The summed E-state index contributed by atoms with van der Waals surface area (Å²) in [6.07, 6.45) is 4.88. The van der Waals surface area contributed by atoms with Gasteiger partial charge in [-0.3, -0.25) is 14.4 Å². The lowest BCUT2D eigenvalue weighted by molar-refractivity contribution is -0.127. The van der Waals surface area contributed by atoms with E-state index in [1.54, 1.807) is 11.1 Å². The molecule has 4 aromatic rings. The zero-order valence-electron chi connectivity index (χ0n) is 19.3. The second-order valence-corrected chi connectivity index (χ2v) is 9.50. The molecule has 3 heterocycles. The lowest BCUT2D eigenvalue weighted by Gasteiger charge is -2.25. The quantitative estimate of drug-likeness (QED) is 0.295. The molecule has 2 amide bonds. The number of thiazole rings is 1. The maximum Gasteiger partial charge on any atom is 0.295 e. The molecule has 2 aromatic carbocycles. The number of ketones is 1. The van der Waals surface area contributed by atoms with Gasteiger partial charge in [-0.15, -0.1) is 11.3 Å². The number of nitrogens with zero attached hydrogens (tertiary/aromatic N) is 3. The first-order valence-corrected chi connectivity index (χ1v) is 12.7. The first-order valence-electron chi connectivity index (χ1n) is 11.8.